The highest BCUT2D eigenvalue weighted by molar-refractivity contribution is 5.96. The lowest BCUT2D eigenvalue weighted by Crippen LogP contribution is -2.64. The fraction of sp³-hybridized carbons (Fsp3) is 0.333. The standard InChI is InChI=1S/C27H26FN5O6/c1-36-8-9-38-23-12-22-19(10-20(23)28)26(30-29-22)24-11-21(31-39-24)16-2-4-17(5-3-16)27(35)32-13-18(14-32)33-6-7-37-15-25(33)34/h2-5,10-12,18H,6-9,13-15H2,1H3,(H,29,30). The van der Waals surface area contributed by atoms with E-state index in [0.717, 1.165) is 5.56 Å². The zero-order chi connectivity index (χ0) is 26.9. The van der Waals surface area contributed by atoms with Crippen LogP contribution in [0.3, 0.4) is 0 Å². The maximum Gasteiger partial charge on any atom is 0.253 e. The molecule has 2 aromatic heterocycles. The molecule has 2 amide bonds. The van der Waals surface area contributed by atoms with Crippen LogP contribution in [-0.2, 0) is 14.3 Å². The number of aromatic amines is 1. The van der Waals surface area contributed by atoms with Gasteiger partial charge in [-0.15, -0.1) is 0 Å². The zero-order valence-corrected chi connectivity index (χ0v) is 21.2. The Balaban J connectivity index is 1.13. The van der Waals surface area contributed by atoms with Gasteiger partial charge in [0, 0.05) is 55.4 Å². The smallest absolute Gasteiger partial charge is 0.253 e. The van der Waals surface area contributed by atoms with E-state index in [1.807, 2.05) is 0 Å². The number of benzene rings is 2. The minimum atomic E-state index is -0.522. The number of halogens is 1. The molecular weight excluding hydrogens is 509 g/mol. The number of H-pyrrole nitrogens is 1. The third-order valence-corrected chi connectivity index (χ3v) is 6.94. The van der Waals surface area contributed by atoms with E-state index >= 15 is 0 Å². The highest BCUT2D eigenvalue weighted by atomic mass is 19.1. The topological polar surface area (TPSA) is 123 Å². The molecule has 39 heavy (non-hydrogen) atoms. The molecule has 6 rings (SSSR count). The van der Waals surface area contributed by atoms with E-state index in [-0.39, 0.29) is 36.8 Å². The number of rotatable bonds is 8. The summed E-state index contributed by atoms with van der Waals surface area (Å²) in [5.41, 5.74) is 2.86. The Bertz CT molecular complexity index is 1510. The molecule has 0 spiro atoms. The van der Waals surface area contributed by atoms with Gasteiger partial charge in [0.25, 0.3) is 5.91 Å². The van der Waals surface area contributed by atoms with Crippen molar-refractivity contribution in [2.24, 2.45) is 0 Å². The first-order valence-electron chi connectivity index (χ1n) is 12.5. The minimum absolute atomic E-state index is 0.0284. The van der Waals surface area contributed by atoms with Gasteiger partial charge in [-0.3, -0.25) is 14.7 Å². The SMILES string of the molecule is COCCOc1cc2[nH]nc(-c3cc(-c4ccc(C(=O)N5CC(N6CCOCC6=O)C5)cc4)no3)c2cc1F. The lowest BCUT2D eigenvalue weighted by Gasteiger charge is -2.46. The van der Waals surface area contributed by atoms with E-state index in [2.05, 4.69) is 15.4 Å². The number of carbonyl (C=O) groups is 2. The molecule has 2 saturated heterocycles. The number of nitrogens with one attached hydrogen (secondary N) is 1. The quantitative estimate of drug-likeness (QED) is 0.342. The first-order valence-corrected chi connectivity index (χ1v) is 12.5. The Hall–Kier alpha value is -4.29. The molecule has 0 bridgehead atoms. The van der Waals surface area contributed by atoms with Crippen molar-refractivity contribution in [3.05, 3.63) is 53.8 Å². The molecule has 0 aliphatic carbocycles. The number of fused-ring (bicyclic) bond motifs is 1. The third kappa shape index (κ3) is 4.84. The van der Waals surface area contributed by atoms with Gasteiger partial charge in [-0.25, -0.2) is 4.39 Å². The summed E-state index contributed by atoms with van der Waals surface area (Å²) < 4.78 is 35.7. The van der Waals surface area contributed by atoms with Crippen molar-refractivity contribution in [3.8, 4) is 28.5 Å². The van der Waals surface area contributed by atoms with Crippen LogP contribution in [0.4, 0.5) is 4.39 Å². The second-order valence-electron chi connectivity index (χ2n) is 9.40. The number of likely N-dealkylation sites (tertiary alicyclic amines) is 1. The molecule has 1 N–H and O–H groups in total. The second kappa shape index (κ2) is 10.5. The summed E-state index contributed by atoms with van der Waals surface area (Å²) in [5, 5.41) is 11.8. The van der Waals surface area contributed by atoms with Gasteiger partial charge in [0.15, 0.2) is 17.3 Å². The molecule has 4 heterocycles. The van der Waals surface area contributed by atoms with E-state index in [4.69, 9.17) is 18.7 Å². The average Bonchev–Trinajstić information content (AvgIpc) is 3.56. The monoisotopic (exact) mass is 535 g/mol. The van der Waals surface area contributed by atoms with E-state index in [1.165, 1.54) is 6.07 Å². The minimum Gasteiger partial charge on any atom is -0.488 e. The molecule has 0 atom stereocenters. The van der Waals surface area contributed by atoms with Gasteiger partial charge in [0.2, 0.25) is 5.91 Å². The van der Waals surface area contributed by atoms with Gasteiger partial charge < -0.3 is 28.5 Å². The molecule has 2 aliphatic rings. The molecule has 2 aromatic carbocycles. The summed E-state index contributed by atoms with van der Waals surface area (Å²) in [4.78, 5) is 28.4. The van der Waals surface area contributed by atoms with Gasteiger partial charge in [0.1, 0.15) is 24.6 Å². The van der Waals surface area contributed by atoms with Crippen molar-refractivity contribution in [1.82, 2.24) is 25.2 Å². The van der Waals surface area contributed by atoms with Crippen molar-refractivity contribution in [2.45, 2.75) is 6.04 Å². The van der Waals surface area contributed by atoms with Crippen LogP contribution in [0.2, 0.25) is 0 Å². The lowest BCUT2D eigenvalue weighted by molar-refractivity contribution is -0.149. The molecule has 0 radical (unpaired) electrons. The van der Waals surface area contributed by atoms with Gasteiger partial charge in [-0.2, -0.15) is 5.10 Å². The first kappa shape index (κ1) is 25.0. The molecule has 11 nitrogen and oxygen atoms in total. The van der Waals surface area contributed by atoms with Crippen molar-refractivity contribution < 1.29 is 32.7 Å². The summed E-state index contributed by atoms with van der Waals surface area (Å²) in [6.45, 7) is 2.79. The summed E-state index contributed by atoms with van der Waals surface area (Å²) in [6.07, 6.45) is 0. The number of amides is 2. The number of morpholine rings is 1. The number of nitrogens with zero attached hydrogens (tertiary/aromatic N) is 4. The molecule has 202 valence electrons. The molecule has 4 aromatic rings. The van der Waals surface area contributed by atoms with Crippen LogP contribution in [0.15, 0.2) is 47.0 Å². The molecule has 0 saturated carbocycles. The Kier molecular flexibility index (Phi) is 6.71. The Morgan fingerprint density at radius 1 is 1.18 bits per heavy atom. The summed E-state index contributed by atoms with van der Waals surface area (Å²) in [5.74, 6) is -0.167. The van der Waals surface area contributed by atoms with Crippen molar-refractivity contribution in [1.29, 1.82) is 0 Å². The number of hydrogen-bond acceptors (Lipinski definition) is 8. The Morgan fingerprint density at radius 2 is 2.00 bits per heavy atom. The van der Waals surface area contributed by atoms with Gasteiger partial charge in [-0.1, -0.05) is 17.3 Å². The highest BCUT2D eigenvalue weighted by Gasteiger charge is 2.38. The molecule has 2 fully saturated rings. The highest BCUT2D eigenvalue weighted by Crippen LogP contribution is 2.33. The van der Waals surface area contributed by atoms with Crippen LogP contribution < -0.4 is 4.74 Å². The van der Waals surface area contributed by atoms with E-state index in [9.17, 15) is 14.0 Å². The number of aromatic nitrogens is 3. The van der Waals surface area contributed by atoms with Crippen molar-refractivity contribution in [2.75, 3.05) is 53.2 Å². The van der Waals surface area contributed by atoms with E-state index < -0.39 is 5.82 Å². The van der Waals surface area contributed by atoms with Gasteiger partial charge in [-0.05, 0) is 18.2 Å². The molecular formula is C27H26FN5O6. The number of methoxy groups -OCH3 is 1. The van der Waals surface area contributed by atoms with Crippen LogP contribution in [0.25, 0.3) is 33.6 Å². The number of ether oxygens (including phenoxy) is 3. The molecule has 0 unspecified atom stereocenters. The summed E-state index contributed by atoms with van der Waals surface area (Å²) in [6, 6.07) is 11.7. The molecule has 12 heteroatoms. The van der Waals surface area contributed by atoms with Crippen molar-refractivity contribution >= 4 is 22.7 Å². The first-order chi connectivity index (χ1) is 19.0. The van der Waals surface area contributed by atoms with Crippen LogP contribution in [0, 0.1) is 5.82 Å². The Morgan fingerprint density at radius 3 is 2.77 bits per heavy atom. The fourth-order valence-corrected chi connectivity index (χ4v) is 4.78. The maximum absolute atomic E-state index is 14.6. The largest absolute Gasteiger partial charge is 0.488 e. The maximum atomic E-state index is 14.6. The van der Waals surface area contributed by atoms with Crippen LogP contribution in [-0.4, -0.2) is 96.2 Å². The normalized spacial score (nSPS) is 16.1. The lowest BCUT2D eigenvalue weighted by atomic mass is 10.0. The second-order valence-corrected chi connectivity index (χ2v) is 9.40. The van der Waals surface area contributed by atoms with E-state index in [0.29, 0.717) is 66.5 Å². The van der Waals surface area contributed by atoms with E-state index in [1.54, 1.807) is 53.3 Å². The van der Waals surface area contributed by atoms with Crippen LogP contribution >= 0.6 is 0 Å². The summed E-state index contributed by atoms with van der Waals surface area (Å²) in [7, 11) is 1.55. The predicted octanol–water partition coefficient (Wildman–Crippen LogP) is 2.73. The van der Waals surface area contributed by atoms with Gasteiger partial charge in [0.05, 0.1) is 24.8 Å². The van der Waals surface area contributed by atoms with Crippen LogP contribution in [0.1, 0.15) is 10.4 Å². The number of hydrogen-bond donors (Lipinski definition) is 1. The fourth-order valence-electron chi connectivity index (χ4n) is 4.78. The molecule has 2 aliphatic heterocycles. The van der Waals surface area contributed by atoms with Gasteiger partial charge >= 0.3 is 0 Å². The predicted molar refractivity (Wildman–Crippen MR) is 137 cm³/mol. The average molecular weight is 536 g/mol. The van der Waals surface area contributed by atoms with Crippen molar-refractivity contribution in [3.63, 3.8) is 0 Å². The number of carbonyl (C=O) groups excluding carboxylic acids is 2. The third-order valence-electron chi connectivity index (χ3n) is 6.94. The summed E-state index contributed by atoms with van der Waals surface area (Å²) >= 11 is 0. The zero-order valence-electron chi connectivity index (χ0n) is 21.2. The Labute approximate surface area is 222 Å². The van der Waals surface area contributed by atoms with Crippen LogP contribution in [0.5, 0.6) is 5.75 Å².